The maximum atomic E-state index is 13.2. The molecule has 0 aliphatic carbocycles. The Labute approximate surface area is 223 Å². The van der Waals surface area contributed by atoms with Crippen molar-refractivity contribution in [3.8, 4) is 0 Å². The summed E-state index contributed by atoms with van der Waals surface area (Å²) in [5, 5.41) is 16.2. The number of thiazole rings is 1. The molecule has 1 atom stereocenters. The third kappa shape index (κ3) is 4.94. The first-order chi connectivity index (χ1) is 16.8. The number of aromatic nitrogens is 1. The van der Waals surface area contributed by atoms with Crippen molar-refractivity contribution >= 4 is 68.3 Å². The number of piperazine rings is 1. The number of benzene rings is 2. The smallest absolute Gasteiger partial charge is 0.282 e. The Morgan fingerprint density at radius 2 is 1.83 bits per heavy atom. The van der Waals surface area contributed by atoms with E-state index in [0.29, 0.717) is 23.0 Å². The quantitative estimate of drug-likeness (QED) is 0.213. The van der Waals surface area contributed by atoms with E-state index in [-0.39, 0.29) is 49.4 Å². The summed E-state index contributed by atoms with van der Waals surface area (Å²) < 4.78 is 27.9. The highest BCUT2D eigenvalue weighted by molar-refractivity contribution is 7.89. The van der Waals surface area contributed by atoms with Gasteiger partial charge in [0, 0.05) is 44.2 Å². The largest absolute Gasteiger partial charge is 0.411 e. The number of carbonyl (C=O) groups is 1. The molecule has 36 heavy (non-hydrogen) atoms. The standard InChI is InChI=1S/C22H23ClN6O4S2.ClH/c23-16-3-1-15-12-17(4-2-14(15)11-16)35(32,33)28-9-7-27(8-10-28)22(30)21-26-18-5-6-29(24)19(13-25-31)20(18)34-21;/h1-4,11-13,19,31H,5-10,24H2;1H. The SMILES string of the molecule is Cl.NN1CCc2nc(C(=O)N3CCN(S(=O)(=O)c4ccc5cc(Cl)ccc5c4)CC3)sc2C1C=NO. The maximum Gasteiger partial charge on any atom is 0.282 e. The van der Waals surface area contributed by atoms with Crippen LogP contribution >= 0.6 is 35.3 Å². The number of halogens is 2. The summed E-state index contributed by atoms with van der Waals surface area (Å²) in [5.74, 6) is 5.75. The first-order valence-electron chi connectivity index (χ1n) is 10.9. The lowest BCUT2D eigenvalue weighted by Gasteiger charge is -2.33. The van der Waals surface area contributed by atoms with Crippen LogP contribution in [0.1, 0.15) is 26.4 Å². The van der Waals surface area contributed by atoms with E-state index in [2.05, 4.69) is 10.1 Å². The number of carbonyl (C=O) groups excluding carboxylic acids is 1. The van der Waals surface area contributed by atoms with Crippen molar-refractivity contribution in [1.82, 2.24) is 19.2 Å². The topological polar surface area (TPSA) is 132 Å². The monoisotopic (exact) mass is 570 g/mol. The predicted molar refractivity (Wildman–Crippen MR) is 141 cm³/mol. The minimum atomic E-state index is -3.71. The molecule has 0 radical (unpaired) electrons. The van der Waals surface area contributed by atoms with Gasteiger partial charge in [-0.25, -0.2) is 18.4 Å². The lowest BCUT2D eigenvalue weighted by Crippen LogP contribution is -2.50. The van der Waals surface area contributed by atoms with Gasteiger partial charge in [0.25, 0.3) is 5.91 Å². The minimum Gasteiger partial charge on any atom is -0.411 e. The fourth-order valence-electron chi connectivity index (χ4n) is 4.38. The van der Waals surface area contributed by atoms with Crippen molar-refractivity contribution in [3.05, 3.63) is 57.0 Å². The Kier molecular flexibility index (Phi) is 7.86. The molecule has 1 amide bonds. The van der Waals surface area contributed by atoms with Crippen molar-refractivity contribution in [2.75, 3.05) is 32.7 Å². The van der Waals surface area contributed by atoms with Crippen LogP contribution in [0.5, 0.6) is 0 Å². The molecule has 2 aromatic carbocycles. The second-order valence-electron chi connectivity index (χ2n) is 8.38. The number of hydrogen-bond acceptors (Lipinski definition) is 9. The van der Waals surface area contributed by atoms with E-state index in [9.17, 15) is 13.2 Å². The Bertz CT molecular complexity index is 1420. The zero-order valence-corrected chi connectivity index (χ0v) is 22.2. The van der Waals surface area contributed by atoms with E-state index in [1.165, 1.54) is 21.9 Å². The molecular weight excluding hydrogens is 547 g/mol. The molecular formula is C22H24Cl2N6O4S2. The summed E-state index contributed by atoms with van der Waals surface area (Å²) in [6.45, 7) is 1.42. The third-order valence-corrected chi connectivity index (χ3v) is 9.57. The highest BCUT2D eigenvalue weighted by Gasteiger charge is 2.34. The number of sulfonamides is 1. The van der Waals surface area contributed by atoms with Gasteiger partial charge < -0.3 is 10.1 Å². The minimum absolute atomic E-state index is 0. The van der Waals surface area contributed by atoms with Gasteiger partial charge in [-0.1, -0.05) is 28.9 Å². The van der Waals surface area contributed by atoms with E-state index in [1.54, 1.807) is 46.3 Å². The molecule has 1 fully saturated rings. The van der Waals surface area contributed by atoms with E-state index in [1.807, 2.05) is 0 Å². The molecule has 3 N–H and O–H groups in total. The summed E-state index contributed by atoms with van der Waals surface area (Å²) >= 11 is 7.25. The molecule has 192 valence electrons. The molecule has 3 heterocycles. The number of nitrogens with two attached hydrogens (primary N) is 1. The first kappa shape index (κ1) is 26.7. The van der Waals surface area contributed by atoms with Crippen LogP contribution < -0.4 is 5.84 Å². The number of rotatable bonds is 4. The molecule has 14 heteroatoms. The third-order valence-electron chi connectivity index (χ3n) is 6.29. The highest BCUT2D eigenvalue weighted by Crippen LogP contribution is 2.32. The summed E-state index contributed by atoms with van der Waals surface area (Å²) in [6.07, 6.45) is 1.91. The Balaban J connectivity index is 0.00000304. The van der Waals surface area contributed by atoms with Crippen LogP contribution in [0.4, 0.5) is 0 Å². The molecule has 0 saturated carbocycles. The van der Waals surface area contributed by atoms with Crippen molar-refractivity contribution in [3.63, 3.8) is 0 Å². The van der Waals surface area contributed by atoms with Gasteiger partial charge in [0.1, 0.15) is 0 Å². The predicted octanol–water partition coefficient (Wildman–Crippen LogP) is 2.75. The van der Waals surface area contributed by atoms with Crippen molar-refractivity contribution in [2.24, 2.45) is 11.0 Å². The summed E-state index contributed by atoms with van der Waals surface area (Å²) in [6, 6.07) is 9.84. The summed E-state index contributed by atoms with van der Waals surface area (Å²) in [5.41, 5.74) is 0.767. The van der Waals surface area contributed by atoms with Crippen LogP contribution in [0.2, 0.25) is 5.02 Å². The van der Waals surface area contributed by atoms with E-state index in [4.69, 9.17) is 22.7 Å². The molecule has 2 aliphatic rings. The molecule has 2 aliphatic heterocycles. The number of nitrogens with zero attached hydrogens (tertiary/aromatic N) is 5. The number of fused-ring (bicyclic) bond motifs is 2. The molecule has 1 aromatic heterocycles. The fourth-order valence-corrected chi connectivity index (χ4v) is 7.18. The molecule has 1 unspecified atom stereocenters. The van der Waals surface area contributed by atoms with Crippen LogP contribution in [-0.2, 0) is 16.4 Å². The maximum absolute atomic E-state index is 13.2. The second-order valence-corrected chi connectivity index (χ2v) is 11.8. The molecule has 5 rings (SSSR count). The number of hydrogen-bond donors (Lipinski definition) is 2. The van der Waals surface area contributed by atoms with Crippen LogP contribution in [0.25, 0.3) is 10.8 Å². The van der Waals surface area contributed by atoms with Crippen LogP contribution in [-0.4, -0.2) is 77.7 Å². The number of oxime groups is 1. The first-order valence-corrected chi connectivity index (χ1v) is 13.6. The van der Waals surface area contributed by atoms with E-state index in [0.717, 1.165) is 21.3 Å². The summed E-state index contributed by atoms with van der Waals surface area (Å²) in [4.78, 5) is 20.2. The molecule has 0 bridgehead atoms. The molecule has 1 saturated heterocycles. The van der Waals surface area contributed by atoms with Crippen LogP contribution in [0.15, 0.2) is 46.4 Å². The number of hydrazine groups is 1. The zero-order chi connectivity index (χ0) is 24.7. The van der Waals surface area contributed by atoms with Crippen molar-refractivity contribution in [1.29, 1.82) is 0 Å². The average Bonchev–Trinajstić information content (AvgIpc) is 3.29. The van der Waals surface area contributed by atoms with Gasteiger partial charge in [0.2, 0.25) is 10.0 Å². The lowest BCUT2D eigenvalue weighted by atomic mass is 10.1. The highest BCUT2D eigenvalue weighted by atomic mass is 35.5. The van der Waals surface area contributed by atoms with Gasteiger partial charge in [-0.3, -0.25) is 10.6 Å². The Morgan fingerprint density at radius 3 is 2.56 bits per heavy atom. The van der Waals surface area contributed by atoms with Crippen LogP contribution in [0.3, 0.4) is 0 Å². The zero-order valence-electron chi connectivity index (χ0n) is 18.9. The van der Waals surface area contributed by atoms with Gasteiger partial charge in [-0.2, -0.15) is 4.31 Å². The van der Waals surface area contributed by atoms with Gasteiger partial charge in [0.05, 0.1) is 27.7 Å². The van der Waals surface area contributed by atoms with Gasteiger partial charge in [0.15, 0.2) is 5.01 Å². The molecule has 10 nitrogen and oxygen atoms in total. The van der Waals surface area contributed by atoms with Gasteiger partial charge >= 0.3 is 0 Å². The second kappa shape index (κ2) is 10.6. The lowest BCUT2D eigenvalue weighted by molar-refractivity contribution is 0.0697. The van der Waals surface area contributed by atoms with Crippen molar-refractivity contribution < 1.29 is 18.4 Å². The molecule has 3 aromatic rings. The van der Waals surface area contributed by atoms with Crippen molar-refractivity contribution in [2.45, 2.75) is 17.4 Å². The van der Waals surface area contributed by atoms with E-state index < -0.39 is 16.1 Å². The normalized spacial score (nSPS) is 19.4. The fraction of sp³-hybridized carbons (Fsp3) is 0.318. The Hall–Kier alpha value is -2.32. The average molecular weight is 572 g/mol. The van der Waals surface area contributed by atoms with E-state index >= 15 is 0 Å². The van der Waals surface area contributed by atoms with Gasteiger partial charge in [-0.05, 0) is 35.0 Å². The summed E-state index contributed by atoms with van der Waals surface area (Å²) in [7, 11) is -3.71. The number of amides is 1. The van der Waals surface area contributed by atoms with Gasteiger partial charge in [-0.15, -0.1) is 23.7 Å². The molecule has 0 spiro atoms. The Morgan fingerprint density at radius 1 is 1.14 bits per heavy atom. The van der Waals surface area contributed by atoms with Crippen LogP contribution in [0, 0.1) is 0 Å².